The van der Waals surface area contributed by atoms with Gasteiger partial charge in [0.1, 0.15) is 0 Å². The van der Waals surface area contributed by atoms with E-state index in [9.17, 15) is 0 Å². The number of nitrogens with zero attached hydrogens (tertiary/aromatic N) is 1. The number of hydrogen-bond acceptors (Lipinski definition) is 2. The maximum Gasteiger partial charge on any atom is 0.0921 e. The molecule has 1 atom stereocenters. The van der Waals surface area contributed by atoms with Gasteiger partial charge in [0.2, 0.25) is 0 Å². The SMILES string of the molecule is CCC(CC(=N)N)N(CC)C1CCCCC1. The number of nitrogens with two attached hydrogens (primary N) is 1. The summed E-state index contributed by atoms with van der Waals surface area (Å²) in [6, 6.07) is 1.22. The summed E-state index contributed by atoms with van der Waals surface area (Å²) in [4.78, 5) is 2.58. The average Bonchev–Trinajstić information content (AvgIpc) is 2.29. The highest BCUT2D eigenvalue weighted by Gasteiger charge is 2.25. The van der Waals surface area contributed by atoms with E-state index in [2.05, 4.69) is 18.7 Å². The van der Waals surface area contributed by atoms with Crippen molar-refractivity contribution in [1.82, 2.24) is 4.90 Å². The molecule has 1 unspecified atom stereocenters. The molecule has 0 aliphatic heterocycles. The molecule has 0 spiro atoms. The Bertz CT molecular complexity index is 209. The molecule has 0 saturated heterocycles. The van der Waals surface area contributed by atoms with Crippen LogP contribution >= 0.6 is 0 Å². The lowest BCUT2D eigenvalue weighted by atomic mass is 9.92. The van der Waals surface area contributed by atoms with Crippen molar-refractivity contribution in [2.75, 3.05) is 6.54 Å². The smallest absolute Gasteiger partial charge is 0.0921 e. The summed E-state index contributed by atoms with van der Waals surface area (Å²) in [6.07, 6.45) is 8.65. The van der Waals surface area contributed by atoms with Crippen molar-refractivity contribution in [3.05, 3.63) is 0 Å². The normalized spacial score (nSPS) is 19.9. The van der Waals surface area contributed by atoms with Crippen molar-refractivity contribution in [2.24, 2.45) is 5.73 Å². The maximum absolute atomic E-state index is 7.46. The van der Waals surface area contributed by atoms with Gasteiger partial charge in [0.25, 0.3) is 0 Å². The zero-order chi connectivity index (χ0) is 12.0. The number of nitrogens with one attached hydrogen (secondary N) is 1. The van der Waals surface area contributed by atoms with Gasteiger partial charge in [0.05, 0.1) is 5.84 Å². The van der Waals surface area contributed by atoms with Crippen LogP contribution in [0.25, 0.3) is 0 Å². The first-order chi connectivity index (χ1) is 7.69. The first-order valence-corrected chi connectivity index (χ1v) is 6.77. The minimum absolute atomic E-state index is 0.334. The fraction of sp³-hybridized carbons (Fsp3) is 0.923. The molecule has 3 nitrogen and oxygen atoms in total. The molecule has 1 saturated carbocycles. The van der Waals surface area contributed by atoms with Gasteiger partial charge in [0, 0.05) is 18.5 Å². The minimum Gasteiger partial charge on any atom is -0.388 e. The highest BCUT2D eigenvalue weighted by molar-refractivity contribution is 5.77. The van der Waals surface area contributed by atoms with Crippen LogP contribution in [0.1, 0.15) is 58.8 Å². The minimum atomic E-state index is 0.334. The fourth-order valence-corrected chi connectivity index (χ4v) is 2.98. The molecule has 1 fully saturated rings. The Morgan fingerprint density at radius 3 is 2.38 bits per heavy atom. The van der Waals surface area contributed by atoms with Crippen LogP contribution in [0.3, 0.4) is 0 Å². The molecule has 1 rings (SSSR count). The van der Waals surface area contributed by atoms with Crippen molar-refractivity contribution >= 4 is 5.84 Å². The molecule has 0 heterocycles. The van der Waals surface area contributed by atoms with E-state index in [-0.39, 0.29) is 0 Å². The first-order valence-electron chi connectivity index (χ1n) is 6.77. The molecule has 0 aromatic carbocycles. The molecule has 0 radical (unpaired) electrons. The van der Waals surface area contributed by atoms with E-state index in [0.29, 0.717) is 11.9 Å². The van der Waals surface area contributed by atoms with E-state index in [0.717, 1.165) is 25.4 Å². The van der Waals surface area contributed by atoms with Gasteiger partial charge in [-0.05, 0) is 25.8 Å². The highest BCUT2D eigenvalue weighted by atomic mass is 15.2. The van der Waals surface area contributed by atoms with Gasteiger partial charge in [-0.1, -0.05) is 33.1 Å². The van der Waals surface area contributed by atoms with Gasteiger partial charge in [-0.3, -0.25) is 10.3 Å². The largest absolute Gasteiger partial charge is 0.388 e. The molecule has 3 heteroatoms. The van der Waals surface area contributed by atoms with E-state index >= 15 is 0 Å². The van der Waals surface area contributed by atoms with Crippen molar-refractivity contribution in [2.45, 2.75) is 70.9 Å². The molecule has 0 aromatic heterocycles. The van der Waals surface area contributed by atoms with Crippen LogP contribution in [0.4, 0.5) is 0 Å². The third-order valence-electron chi connectivity index (χ3n) is 3.80. The lowest BCUT2D eigenvalue weighted by Gasteiger charge is -2.39. The molecule has 3 N–H and O–H groups in total. The first kappa shape index (κ1) is 13.5. The van der Waals surface area contributed by atoms with Crippen molar-refractivity contribution < 1.29 is 0 Å². The second kappa shape index (κ2) is 6.89. The molecular formula is C13H27N3. The predicted molar refractivity (Wildman–Crippen MR) is 69.9 cm³/mol. The molecule has 0 amide bonds. The zero-order valence-electron chi connectivity index (χ0n) is 10.8. The third-order valence-corrected chi connectivity index (χ3v) is 3.80. The van der Waals surface area contributed by atoms with E-state index in [4.69, 9.17) is 11.1 Å². The van der Waals surface area contributed by atoms with E-state index in [1.54, 1.807) is 0 Å². The second-order valence-corrected chi connectivity index (χ2v) is 4.91. The molecule has 16 heavy (non-hydrogen) atoms. The lowest BCUT2D eigenvalue weighted by molar-refractivity contribution is 0.110. The maximum atomic E-state index is 7.46. The van der Waals surface area contributed by atoms with Crippen LogP contribution in [-0.4, -0.2) is 29.4 Å². The zero-order valence-corrected chi connectivity index (χ0v) is 10.8. The van der Waals surface area contributed by atoms with Gasteiger partial charge in [0.15, 0.2) is 0 Å². The molecule has 1 aliphatic rings. The summed E-state index contributed by atoms with van der Waals surface area (Å²) >= 11 is 0. The van der Waals surface area contributed by atoms with Gasteiger partial charge >= 0.3 is 0 Å². The lowest BCUT2D eigenvalue weighted by Crippen LogP contribution is -2.45. The third kappa shape index (κ3) is 3.78. The van der Waals surface area contributed by atoms with Crippen LogP contribution in [0.15, 0.2) is 0 Å². The summed E-state index contributed by atoms with van der Waals surface area (Å²) in [5, 5.41) is 7.46. The van der Waals surface area contributed by atoms with Crippen LogP contribution < -0.4 is 5.73 Å². The Kier molecular flexibility index (Phi) is 5.81. The second-order valence-electron chi connectivity index (χ2n) is 4.91. The van der Waals surface area contributed by atoms with Crippen LogP contribution in [0, 0.1) is 5.41 Å². The molecule has 94 valence electrons. The summed E-state index contributed by atoms with van der Waals surface area (Å²) in [5.74, 6) is 0.334. The monoisotopic (exact) mass is 225 g/mol. The molecule has 0 aromatic rings. The van der Waals surface area contributed by atoms with E-state index in [1.807, 2.05) is 0 Å². The Hall–Kier alpha value is -0.570. The highest BCUT2D eigenvalue weighted by Crippen LogP contribution is 2.25. The van der Waals surface area contributed by atoms with Gasteiger partial charge < -0.3 is 5.73 Å². The van der Waals surface area contributed by atoms with Gasteiger partial charge in [-0.15, -0.1) is 0 Å². The Labute approximate surface area is 99.9 Å². The van der Waals surface area contributed by atoms with Crippen molar-refractivity contribution in [1.29, 1.82) is 5.41 Å². The quantitative estimate of drug-likeness (QED) is 0.539. The van der Waals surface area contributed by atoms with Crippen LogP contribution in [0.2, 0.25) is 0 Å². The molecule has 1 aliphatic carbocycles. The Morgan fingerprint density at radius 1 is 1.31 bits per heavy atom. The molecule has 0 bridgehead atoms. The van der Waals surface area contributed by atoms with Crippen LogP contribution in [-0.2, 0) is 0 Å². The number of hydrogen-bond donors (Lipinski definition) is 2. The predicted octanol–water partition coefficient (Wildman–Crippen LogP) is 2.75. The summed E-state index contributed by atoms with van der Waals surface area (Å²) in [6.45, 7) is 5.53. The fourth-order valence-electron chi connectivity index (χ4n) is 2.98. The van der Waals surface area contributed by atoms with E-state index in [1.165, 1.54) is 32.1 Å². The molecular weight excluding hydrogens is 198 g/mol. The topological polar surface area (TPSA) is 53.1 Å². The number of amidine groups is 1. The van der Waals surface area contributed by atoms with E-state index < -0.39 is 0 Å². The Balaban J connectivity index is 2.57. The average molecular weight is 225 g/mol. The van der Waals surface area contributed by atoms with Crippen molar-refractivity contribution in [3.63, 3.8) is 0 Å². The Morgan fingerprint density at radius 2 is 1.94 bits per heavy atom. The number of rotatable bonds is 6. The van der Waals surface area contributed by atoms with Crippen molar-refractivity contribution in [3.8, 4) is 0 Å². The van der Waals surface area contributed by atoms with Gasteiger partial charge in [-0.25, -0.2) is 0 Å². The summed E-state index contributed by atoms with van der Waals surface area (Å²) in [5.41, 5.74) is 5.55. The van der Waals surface area contributed by atoms with Crippen LogP contribution in [0.5, 0.6) is 0 Å². The summed E-state index contributed by atoms with van der Waals surface area (Å²) in [7, 11) is 0. The van der Waals surface area contributed by atoms with Gasteiger partial charge in [-0.2, -0.15) is 0 Å². The summed E-state index contributed by atoms with van der Waals surface area (Å²) < 4.78 is 0. The standard InChI is InChI=1S/C13H27N3/c1-3-11(10-13(14)15)16(4-2)12-8-6-5-7-9-12/h11-12H,3-10H2,1-2H3,(H3,14,15).